The molecule has 0 saturated carbocycles. The molecular weight excluding hydrogens is 648 g/mol. The van der Waals surface area contributed by atoms with Crippen LogP contribution in [0.25, 0.3) is 0 Å². The zero-order valence-corrected chi connectivity index (χ0v) is 26.8. The van der Waals surface area contributed by atoms with Crippen LogP contribution in [0, 0.1) is 0 Å². The molecule has 9 nitrogen and oxygen atoms in total. The fraction of sp³-hybridized carbons (Fsp3) is 0.143. The summed E-state index contributed by atoms with van der Waals surface area (Å²) in [6, 6.07) is 29.0. The van der Waals surface area contributed by atoms with Crippen LogP contribution in [0.5, 0.6) is 51.7 Å². The number of benzene rings is 6. The normalized spacial score (nSPS) is 22.5. The summed E-state index contributed by atoms with van der Waals surface area (Å²) in [6.07, 6.45) is -0.716. The predicted octanol–water partition coefficient (Wildman–Crippen LogP) is 7.76. The van der Waals surface area contributed by atoms with E-state index in [9.17, 15) is 40.9 Å². The minimum absolute atomic E-state index is 0.0388. The summed E-state index contributed by atoms with van der Waals surface area (Å²) < 4.78 is 6.71. The van der Waals surface area contributed by atoms with E-state index >= 15 is 0 Å². The Bertz CT molecular complexity index is 2350. The number of fused-ring (bicyclic) bond motifs is 6. The van der Waals surface area contributed by atoms with Gasteiger partial charge in [-0.2, -0.15) is 0 Å². The van der Waals surface area contributed by atoms with Crippen molar-refractivity contribution in [3.8, 4) is 51.7 Å². The molecule has 1 aliphatic heterocycles. The van der Waals surface area contributed by atoms with E-state index in [0.717, 1.165) is 11.1 Å². The van der Waals surface area contributed by atoms with E-state index in [1.807, 2.05) is 0 Å². The summed E-state index contributed by atoms with van der Waals surface area (Å²) in [4.78, 5) is 0. The second-order valence-corrected chi connectivity index (χ2v) is 13.7. The van der Waals surface area contributed by atoms with Crippen LogP contribution >= 0.6 is 0 Å². The molecule has 1 heterocycles. The molecule has 1 unspecified atom stereocenters. The Morgan fingerprint density at radius 3 is 1.24 bits per heavy atom. The number of hydrogen-bond donors (Lipinski definition) is 8. The van der Waals surface area contributed by atoms with Gasteiger partial charge in [0.2, 0.25) is 0 Å². The lowest BCUT2D eigenvalue weighted by molar-refractivity contribution is 0.220. The van der Waals surface area contributed by atoms with Gasteiger partial charge in [-0.05, 0) is 88.0 Å². The van der Waals surface area contributed by atoms with Gasteiger partial charge in [0.25, 0.3) is 0 Å². The Balaban J connectivity index is 1.44. The topological polar surface area (TPSA) is 171 Å². The molecule has 6 atom stereocenters. The first-order valence-electron chi connectivity index (χ1n) is 16.6. The first-order chi connectivity index (χ1) is 24.6. The molecular formula is C42H32O9. The van der Waals surface area contributed by atoms with Crippen molar-refractivity contribution in [2.24, 2.45) is 0 Å². The smallest absolute Gasteiger partial charge is 0.135 e. The SMILES string of the molecule is Oc1ccc([C@@H]2c3c(O)cc(O)cc3C3c4c(cc(O)cc4[C@H]4[C@H](c5ccc(O)cc5)c5c(O)cc(O)cc5[C@H]24)O[C@@H]3c2ccc(O)cc2)cc1. The molecule has 2 aliphatic carbocycles. The number of rotatable bonds is 3. The van der Waals surface area contributed by atoms with Gasteiger partial charge in [-0.1, -0.05) is 36.4 Å². The predicted molar refractivity (Wildman–Crippen MR) is 186 cm³/mol. The fourth-order valence-electron chi connectivity index (χ4n) is 9.07. The molecule has 3 aliphatic rings. The Hall–Kier alpha value is -6.48. The summed E-state index contributed by atoms with van der Waals surface area (Å²) in [5.41, 5.74) is 5.78. The van der Waals surface area contributed by atoms with Crippen molar-refractivity contribution in [2.75, 3.05) is 0 Å². The number of phenolic OH excluding ortho intramolecular Hbond substituents is 8. The molecule has 51 heavy (non-hydrogen) atoms. The molecule has 9 heteroatoms. The minimum Gasteiger partial charge on any atom is -0.508 e. The molecule has 9 rings (SSSR count). The van der Waals surface area contributed by atoms with Crippen LogP contribution in [0.2, 0.25) is 0 Å². The van der Waals surface area contributed by atoms with Crippen molar-refractivity contribution in [3.63, 3.8) is 0 Å². The van der Waals surface area contributed by atoms with E-state index in [2.05, 4.69) is 0 Å². The maximum absolute atomic E-state index is 12.0. The quantitative estimate of drug-likeness (QED) is 0.0931. The largest absolute Gasteiger partial charge is 0.508 e. The van der Waals surface area contributed by atoms with Gasteiger partial charge in [-0.25, -0.2) is 0 Å². The molecule has 254 valence electrons. The average Bonchev–Trinajstić information content (AvgIpc) is 3.62. The van der Waals surface area contributed by atoms with E-state index in [4.69, 9.17) is 4.74 Å². The summed E-state index contributed by atoms with van der Waals surface area (Å²) in [6.45, 7) is 0. The van der Waals surface area contributed by atoms with Gasteiger partial charge in [-0.3, -0.25) is 0 Å². The maximum Gasteiger partial charge on any atom is 0.135 e. The highest BCUT2D eigenvalue weighted by atomic mass is 16.5. The van der Waals surface area contributed by atoms with E-state index in [-0.39, 0.29) is 46.0 Å². The molecule has 0 bridgehead atoms. The van der Waals surface area contributed by atoms with Gasteiger partial charge in [0.1, 0.15) is 57.8 Å². The highest BCUT2D eigenvalue weighted by Crippen LogP contribution is 2.69. The first-order valence-corrected chi connectivity index (χ1v) is 16.6. The van der Waals surface area contributed by atoms with Crippen LogP contribution in [-0.4, -0.2) is 40.9 Å². The van der Waals surface area contributed by atoms with Gasteiger partial charge in [0.15, 0.2) is 0 Å². The van der Waals surface area contributed by atoms with Gasteiger partial charge >= 0.3 is 0 Å². The van der Waals surface area contributed by atoms with Crippen molar-refractivity contribution in [1.82, 2.24) is 0 Å². The van der Waals surface area contributed by atoms with Gasteiger partial charge in [0, 0.05) is 58.6 Å². The maximum atomic E-state index is 12.0. The lowest BCUT2D eigenvalue weighted by Gasteiger charge is -2.39. The number of phenols is 8. The highest BCUT2D eigenvalue weighted by molar-refractivity contribution is 5.69. The third-order valence-corrected chi connectivity index (χ3v) is 10.9. The summed E-state index contributed by atoms with van der Waals surface area (Å²) in [7, 11) is 0. The van der Waals surface area contributed by atoms with Crippen molar-refractivity contribution in [1.29, 1.82) is 0 Å². The Labute approximate surface area is 291 Å². The molecule has 0 radical (unpaired) electrons. The van der Waals surface area contributed by atoms with E-state index in [0.29, 0.717) is 44.7 Å². The summed E-state index contributed by atoms with van der Waals surface area (Å²) in [5.74, 6) is -3.24. The Morgan fingerprint density at radius 1 is 0.353 bits per heavy atom. The second kappa shape index (κ2) is 11.0. The van der Waals surface area contributed by atoms with E-state index in [1.165, 1.54) is 12.1 Å². The van der Waals surface area contributed by atoms with E-state index in [1.54, 1.807) is 97.1 Å². The molecule has 0 fully saturated rings. The van der Waals surface area contributed by atoms with Gasteiger partial charge in [-0.15, -0.1) is 0 Å². The lowest BCUT2D eigenvalue weighted by Crippen LogP contribution is -2.26. The van der Waals surface area contributed by atoms with Crippen LogP contribution in [0.1, 0.15) is 85.8 Å². The summed E-state index contributed by atoms with van der Waals surface area (Å²) in [5, 5.41) is 87.9. The average molecular weight is 681 g/mol. The number of ether oxygens (including phenoxy) is 1. The fourth-order valence-corrected chi connectivity index (χ4v) is 9.07. The highest BCUT2D eigenvalue weighted by Gasteiger charge is 2.54. The molecule has 6 aromatic rings. The van der Waals surface area contributed by atoms with Crippen LogP contribution in [0.15, 0.2) is 109 Å². The third-order valence-electron chi connectivity index (χ3n) is 10.9. The Morgan fingerprint density at radius 2 is 0.745 bits per heavy atom. The number of aromatic hydroxyl groups is 8. The molecule has 0 saturated heterocycles. The van der Waals surface area contributed by atoms with Crippen molar-refractivity contribution >= 4 is 0 Å². The lowest BCUT2D eigenvalue weighted by atomic mass is 9.63. The van der Waals surface area contributed by atoms with Crippen LogP contribution in [-0.2, 0) is 0 Å². The van der Waals surface area contributed by atoms with Crippen LogP contribution in [0.3, 0.4) is 0 Å². The van der Waals surface area contributed by atoms with Crippen LogP contribution < -0.4 is 4.74 Å². The van der Waals surface area contributed by atoms with Gasteiger partial charge in [0.05, 0.1) is 5.92 Å². The minimum atomic E-state index is -0.716. The Kier molecular flexibility index (Phi) is 6.60. The first kappa shape index (κ1) is 30.6. The molecule has 6 aromatic carbocycles. The zero-order chi connectivity index (χ0) is 35.3. The number of hydrogen-bond acceptors (Lipinski definition) is 9. The molecule has 0 spiro atoms. The standard InChI is InChI=1S/C42H32O9/c43-22-7-1-19(2-8-22)34-36-28(13-25(46)16-31(36)49)39-35(20-3-9-23(44)10-4-20)37-29(14-26(47)17-32(37)50)41-38-30(40(34)39)15-27(48)18-33(38)51-42(41)21-5-11-24(45)12-6-21/h1-18,34-35,39-50H/t34-,35-,39-,40+,41?,42-/m1/s1. The van der Waals surface area contributed by atoms with E-state index < -0.39 is 35.7 Å². The van der Waals surface area contributed by atoms with Crippen LogP contribution in [0.4, 0.5) is 0 Å². The molecule has 0 amide bonds. The van der Waals surface area contributed by atoms with Crippen molar-refractivity contribution in [2.45, 2.75) is 35.7 Å². The van der Waals surface area contributed by atoms with Gasteiger partial charge < -0.3 is 45.6 Å². The third kappa shape index (κ3) is 4.61. The second-order valence-electron chi connectivity index (χ2n) is 13.7. The zero-order valence-electron chi connectivity index (χ0n) is 26.8. The molecule has 8 N–H and O–H groups in total. The van der Waals surface area contributed by atoms with Crippen molar-refractivity contribution < 1.29 is 45.6 Å². The van der Waals surface area contributed by atoms with Crippen molar-refractivity contribution in [3.05, 3.63) is 159 Å². The monoisotopic (exact) mass is 680 g/mol. The molecule has 0 aromatic heterocycles. The summed E-state index contributed by atoms with van der Waals surface area (Å²) >= 11 is 0.